The molecule has 0 aliphatic carbocycles. The summed E-state index contributed by atoms with van der Waals surface area (Å²) < 4.78 is 1.25. The summed E-state index contributed by atoms with van der Waals surface area (Å²) in [7, 11) is 2.10. The van der Waals surface area contributed by atoms with Gasteiger partial charge in [0, 0.05) is 15.4 Å². The van der Waals surface area contributed by atoms with Crippen LogP contribution >= 0.6 is 27.3 Å². The Morgan fingerprint density at radius 3 is 2.37 bits per heavy atom. The zero-order chi connectivity index (χ0) is 13.9. The van der Waals surface area contributed by atoms with Crippen LogP contribution in [0.1, 0.15) is 51.1 Å². The van der Waals surface area contributed by atoms with E-state index in [1.54, 1.807) is 11.3 Å². The highest BCUT2D eigenvalue weighted by Crippen LogP contribution is 2.42. The summed E-state index contributed by atoms with van der Waals surface area (Å²) in [5, 5.41) is 8.09. The lowest BCUT2D eigenvalue weighted by Gasteiger charge is -2.47. The van der Waals surface area contributed by atoms with E-state index in [0.717, 1.165) is 0 Å². The van der Waals surface area contributed by atoms with Gasteiger partial charge < -0.3 is 5.32 Å². The number of rotatable bonds is 6. The number of hydrogen-bond acceptors (Lipinski definition) is 3. The van der Waals surface area contributed by atoms with Crippen molar-refractivity contribution < 1.29 is 0 Å². The number of hydrogen-bond donors (Lipinski definition) is 1. The van der Waals surface area contributed by atoms with Crippen LogP contribution in [0.2, 0.25) is 0 Å². The van der Waals surface area contributed by atoms with Crippen LogP contribution in [0.4, 0.5) is 0 Å². The van der Waals surface area contributed by atoms with Gasteiger partial charge >= 0.3 is 0 Å². The van der Waals surface area contributed by atoms with Crippen LogP contribution in [0.3, 0.4) is 0 Å². The highest BCUT2D eigenvalue weighted by atomic mass is 79.9. The number of nitrogens with one attached hydrogen (secondary N) is 1. The third kappa shape index (κ3) is 2.78. The number of halogens is 1. The summed E-state index contributed by atoms with van der Waals surface area (Å²) >= 11 is 5.50. The first-order valence-electron chi connectivity index (χ1n) is 7.33. The minimum Gasteiger partial charge on any atom is -0.311 e. The maximum atomic E-state index is 3.72. The smallest absolute Gasteiger partial charge is 0.0524 e. The number of likely N-dealkylation sites (tertiary alicyclic amines) is 1. The zero-order valence-corrected chi connectivity index (χ0v) is 14.6. The normalized spacial score (nSPS) is 18.9. The Labute approximate surface area is 129 Å². The number of thiophene rings is 1. The van der Waals surface area contributed by atoms with Crippen molar-refractivity contribution in [3.63, 3.8) is 0 Å². The fourth-order valence-electron chi connectivity index (χ4n) is 3.66. The molecular formula is C15H25BrN2S. The maximum Gasteiger partial charge on any atom is 0.0524 e. The Morgan fingerprint density at radius 1 is 1.32 bits per heavy atom. The van der Waals surface area contributed by atoms with Crippen LogP contribution in [0.15, 0.2) is 15.2 Å². The second-order valence-corrected chi connectivity index (χ2v) is 7.00. The molecule has 2 rings (SSSR count). The molecule has 1 atom stereocenters. The fourth-order valence-corrected chi connectivity index (χ4v) is 5.21. The average Bonchev–Trinajstić information content (AvgIpc) is 3.08. The van der Waals surface area contributed by atoms with Crippen molar-refractivity contribution in [3.05, 3.63) is 20.8 Å². The van der Waals surface area contributed by atoms with Gasteiger partial charge in [0.05, 0.1) is 6.04 Å². The van der Waals surface area contributed by atoms with Gasteiger partial charge in [0.25, 0.3) is 0 Å². The lowest BCUT2D eigenvalue weighted by molar-refractivity contribution is 0.0646. The molecule has 1 saturated heterocycles. The minimum absolute atomic E-state index is 0.245. The van der Waals surface area contributed by atoms with Gasteiger partial charge in [0.1, 0.15) is 0 Å². The monoisotopic (exact) mass is 344 g/mol. The van der Waals surface area contributed by atoms with Gasteiger partial charge in [-0.25, -0.2) is 0 Å². The Kier molecular flexibility index (Phi) is 5.46. The van der Waals surface area contributed by atoms with Gasteiger partial charge in [-0.05, 0) is 72.7 Å². The Balaban J connectivity index is 2.37. The second kappa shape index (κ2) is 6.70. The minimum atomic E-state index is 0.245. The van der Waals surface area contributed by atoms with E-state index in [4.69, 9.17) is 0 Å². The van der Waals surface area contributed by atoms with E-state index < -0.39 is 0 Å². The van der Waals surface area contributed by atoms with Crippen LogP contribution in [-0.2, 0) is 0 Å². The molecule has 1 fully saturated rings. The van der Waals surface area contributed by atoms with Gasteiger partial charge in [0.15, 0.2) is 0 Å². The molecule has 19 heavy (non-hydrogen) atoms. The van der Waals surface area contributed by atoms with E-state index in [-0.39, 0.29) is 5.54 Å². The van der Waals surface area contributed by atoms with Gasteiger partial charge in [-0.2, -0.15) is 11.3 Å². The first-order valence-corrected chi connectivity index (χ1v) is 9.07. The molecule has 4 heteroatoms. The van der Waals surface area contributed by atoms with Crippen LogP contribution in [-0.4, -0.2) is 30.6 Å². The molecule has 1 unspecified atom stereocenters. The molecule has 2 heterocycles. The molecule has 1 aliphatic rings. The van der Waals surface area contributed by atoms with E-state index >= 15 is 0 Å². The molecule has 1 N–H and O–H groups in total. The van der Waals surface area contributed by atoms with E-state index in [1.165, 1.54) is 48.8 Å². The second-order valence-electron chi connectivity index (χ2n) is 5.40. The summed E-state index contributed by atoms with van der Waals surface area (Å²) in [6.45, 7) is 7.18. The van der Waals surface area contributed by atoms with Crippen molar-refractivity contribution in [1.29, 1.82) is 0 Å². The average molecular weight is 345 g/mol. The largest absolute Gasteiger partial charge is 0.311 e. The lowest BCUT2D eigenvalue weighted by Crippen LogP contribution is -2.54. The summed E-state index contributed by atoms with van der Waals surface area (Å²) in [4.78, 5) is 2.72. The summed E-state index contributed by atoms with van der Waals surface area (Å²) in [5.74, 6) is 0. The van der Waals surface area contributed by atoms with Crippen LogP contribution in [0, 0.1) is 0 Å². The van der Waals surface area contributed by atoms with Gasteiger partial charge in [-0.1, -0.05) is 13.8 Å². The van der Waals surface area contributed by atoms with Crippen LogP contribution in [0.5, 0.6) is 0 Å². The van der Waals surface area contributed by atoms with E-state index in [1.807, 2.05) is 0 Å². The molecule has 0 radical (unpaired) electrons. The summed E-state index contributed by atoms with van der Waals surface area (Å²) in [6, 6.07) is 0.404. The zero-order valence-electron chi connectivity index (χ0n) is 12.2. The first-order chi connectivity index (χ1) is 9.19. The lowest BCUT2D eigenvalue weighted by atomic mass is 9.80. The molecule has 2 nitrogen and oxygen atoms in total. The van der Waals surface area contributed by atoms with Gasteiger partial charge in [-0.15, -0.1) is 0 Å². The molecule has 1 aromatic heterocycles. The molecule has 0 spiro atoms. The number of likely N-dealkylation sites (N-methyl/N-ethyl adjacent to an activating group) is 1. The third-order valence-corrected chi connectivity index (χ3v) is 6.49. The van der Waals surface area contributed by atoms with Crippen LogP contribution in [0.25, 0.3) is 0 Å². The van der Waals surface area contributed by atoms with Crippen molar-refractivity contribution in [2.45, 2.75) is 51.1 Å². The van der Waals surface area contributed by atoms with Crippen molar-refractivity contribution >= 4 is 27.3 Å². The van der Waals surface area contributed by atoms with Crippen molar-refractivity contribution in [2.75, 3.05) is 20.1 Å². The third-order valence-electron chi connectivity index (χ3n) is 4.74. The topological polar surface area (TPSA) is 15.3 Å². The fraction of sp³-hybridized carbons (Fsp3) is 0.733. The Bertz CT molecular complexity index is 395. The predicted molar refractivity (Wildman–Crippen MR) is 87.9 cm³/mol. The molecule has 0 amide bonds. The first kappa shape index (κ1) is 15.5. The molecule has 1 aliphatic heterocycles. The molecule has 0 aromatic carbocycles. The van der Waals surface area contributed by atoms with E-state index in [9.17, 15) is 0 Å². The molecule has 108 valence electrons. The quantitative estimate of drug-likeness (QED) is 0.821. The number of nitrogens with zero attached hydrogens (tertiary/aromatic N) is 1. The molecule has 0 saturated carbocycles. The molecule has 0 bridgehead atoms. The Morgan fingerprint density at radius 2 is 1.95 bits per heavy atom. The highest BCUT2D eigenvalue weighted by molar-refractivity contribution is 9.10. The van der Waals surface area contributed by atoms with Crippen molar-refractivity contribution in [3.8, 4) is 0 Å². The predicted octanol–water partition coefficient (Wildman–Crippen LogP) is 4.43. The Hall–Kier alpha value is 0.1000. The highest BCUT2D eigenvalue weighted by Gasteiger charge is 2.42. The van der Waals surface area contributed by atoms with Crippen molar-refractivity contribution in [2.24, 2.45) is 0 Å². The molecular weight excluding hydrogens is 320 g/mol. The standard InChI is InChI=1S/C15H25BrN2S/c1-4-15(5-2,18-8-6-7-9-18)14(17-3)12-10-19-11-13(12)16/h10-11,14,17H,4-9H2,1-3H3. The summed E-state index contributed by atoms with van der Waals surface area (Å²) in [5.41, 5.74) is 1.66. The maximum absolute atomic E-state index is 3.72. The van der Waals surface area contributed by atoms with Crippen molar-refractivity contribution in [1.82, 2.24) is 10.2 Å². The van der Waals surface area contributed by atoms with E-state index in [0.29, 0.717) is 6.04 Å². The van der Waals surface area contributed by atoms with Crippen LogP contribution < -0.4 is 5.32 Å². The van der Waals surface area contributed by atoms with E-state index in [2.05, 4.69) is 57.8 Å². The molecule has 1 aromatic rings. The summed E-state index contributed by atoms with van der Waals surface area (Å²) in [6.07, 6.45) is 5.08. The van der Waals surface area contributed by atoms with Gasteiger partial charge in [0.2, 0.25) is 0 Å². The SMILES string of the molecule is CCC(CC)(C(NC)c1cscc1Br)N1CCCC1. The van der Waals surface area contributed by atoms with Gasteiger partial charge in [-0.3, -0.25) is 4.90 Å².